The minimum Gasteiger partial charge on any atom is -0.480 e. The number of hydrogen-bond donors (Lipinski definition) is 2. The summed E-state index contributed by atoms with van der Waals surface area (Å²) in [7, 11) is 0. The molecule has 3 rings (SSSR count). The van der Waals surface area contributed by atoms with Crippen molar-refractivity contribution in [1.29, 1.82) is 0 Å². The van der Waals surface area contributed by atoms with Crippen LogP contribution in [0.2, 0.25) is 0 Å². The van der Waals surface area contributed by atoms with Gasteiger partial charge in [0.25, 0.3) is 0 Å². The van der Waals surface area contributed by atoms with Crippen molar-refractivity contribution >= 4 is 16.7 Å². The van der Waals surface area contributed by atoms with Gasteiger partial charge in [0.15, 0.2) is 0 Å². The van der Waals surface area contributed by atoms with Gasteiger partial charge in [0.2, 0.25) is 0 Å². The third-order valence-electron chi connectivity index (χ3n) is 3.62. The number of fused-ring (bicyclic) bond motifs is 1. The fourth-order valence-electron chi connectivity index (χ4n) is 2.63. The van der Waals surface area contributed by atoms with Crippen molar-refractivity contribution in [3.8, 4) is 0 Å². The largest absolute Gasteiger partial charge is 0.480 e. The van der Waals surface area contributed by atoms with Crippen LogP contribution in [0.4, 0.5) is 0 Å². The van der Waals surface area contributed by atoms with Crippen molar-refractivity contribution in [3.05, 3.63) is 48.0 Å². The van der Waals surface area contributed by atoms with E-state index in [9.17, 15) is 4.79 Å². The molecule has 0 saturated carbocycles. The Balaban J connectivity index is 1.89. The van der Waals surface area contributed by atoms with Crippen LogP contribution >= 0.6 is 0 Å². The van der Waals surface area contributed by atoms with E-state index in [4.69, 9.17) is 5.11 Å². The molecule has 0 bridgehead atoms. The predicted octanol–water partition coefficient (Wildman–Crippen LogP) is 2.72. The highest BCUT2D eigenvalue weighted by molar-refractivity contribution is 5.83. The van der Waals surface area contributed by atoms with Crippen LogP contribution in [0.1, 0.15) is 24.4 Å². The summed E-state index contributed by atoms with van der Waals surface area (Å²) in [6, 6.07) is 14.3. The SMILES string of the molecule is O=C(O)[C@H]1CC[C@@H](c2ccc3ccccc3c2)N1. The fourth-order valence-corrected chi connectivity index (χ4v) is 2.63. The Morgan fingerprint density at radius 3 is 2.61 bits per heavy atom. The molecule has 2 N–H and O–H groups in total. The maximum Gasteiger partial charge on any atom is 0.320 e. The Kier molecular flexibility index (Phi) is 2.76. The van der Waals surface area contributed by atoms with Crippen LogP contribution in [-0.4, -0.2) is 17.1 Å². The highest BCUT2D eigenvalue weighted by Gasteiger charge is 2.29. The molecule has 0 unspecified atom stereocenters. The van der Waals surface area contributed by atoms with Gasteiger partial charge in [0, 0.05) is 6.04 Å². The zero-order chi connectivity index (χ0) is 12.5. The van der Waals surface area contributed by atoms with Gasteiger partial charge in [-0.2, -0.15) is 0 Å². The normalized spacial score (nSPS) is 23.3. The second kappa shape index (κ2) is 4.42. The van der Waals surface area contributed by atoms with Gasteiger partial charge in [-0.15, -0.1) is 0 Å². The van der Waals surface area contributed by atoms with Gasteiger partial charge in [-0.3, -0.25) is 10.1 Å². The van der Waals surface area contributed by atoms with E-state index in [-0.39, 0.29) is 6.04 Å². The van der Waals surface area contributed by atoms with Crippen LogP contribution < -0.4 is 5.32 Å². The molecule has 3 nitrogen and oxygen atoms in total. The first-order valence-corrected chi connectivity index (χ1v) is 6.21. The van der Waals surface area contributed by atoms with Gasteiger partial charge < -0.3 is 5.11 Å². The molecule has 3 heteroatoms. The zero-order valence-corrected chi connectivity index (χ0v) is 9.97. The summed E-state index contributed by atoms with van der Waals surface area (Å²) >= 11 is 0. The molecule has 1 aliphatic heterocycles. The summed E-state index contributed by atoms with van der Waals surface area (Å²) in [5.74, 6) is -0.752. The summed E-state index contributed by atoms with van der Waals surface area (Å²) in [6.07, 6.45) is 1.59. The van der Waals surface area contributed by atoms with E-state index in [1.54, 1.807) is 0 Å². The van der Waals surface area contributed by atoms with Crippen molar-refractivity contribution in [2.45, 2.75) is 24.9 Å². The van der Waals surface area contributed by atoms with Gasteiger partial charge in [-0.25, -0.2) is 0 Å². The molecule has 0 spiro atoms. The molecule has 1 fully saturated rings. The van der Waals surface area contributed by atoms with Crippen LogP contribution in [0.3, 0.4) is 0 Å². The maximum absolute atomic E-state index is 10.9. The van der Waals surface area contributed by atoms with Gasteiger partial charge in [0.1, 0.15) is 6.04 Å². The molecule has 2 aromatic carbocycles. The summed E-state index contributed by atoms with van der Waals surface area (Å²) in [6.45, 7) is 0. The Hall–Kier alpha value is -1.87. The first-order chi connectivity index (χ1) is 8.74. The second-order valence-electron chi connectivity index (χ2n) is 4.79. The van der Waals surface area contributed by atoms with Crippen molar-refractivity contribution < 1.29 is 9.90 Å². The highest BCUT2D eigenvalue weighted by Crippen LogP contribution is 2.28. The van der Waals surface area contributed by atoms with Gasteiger partial charge >= 0.3 is 5.97 Å². The van der Waals surface area contributed by atoms with Crippen molar-refractivity contribution in [1.82, 2.24) is 5.32 Å². The molecule has 1 saturated heterocycles. The summed E-state index contributed by atoms with van der Waals surface area (Å²) in [4.78, 5) is 10.9. The molecule has 0 radical (unpaired) electrons. The minimum atomic E-state index is -0.752. The lowest BCUT2D eigenvalue weighted by molar-refractivity contribution is -0.139. The molecule has 2 aromatic rings. The first kappa shape index (κ1) is 11.2. The standard InChI is InChI=1S/C15H15NO2/c17-15(18)14-8-7-13(16-14)12-6-5-10-3-1-2-4-11(10)9-12/h1-6,9,13-14,16H,7-8H2,(H,17,18)/t13-,14+/m0/s1. The van der Waals surface area contributed by atoms with Gasteiger partial charge in [0.05, 0.1) is 0 Å². The lowest BCUT2D eigenvalue weighted by Gasteiger charge is -2.13. The lowest BCUT2D eigenvalue weighted by Crippen LogP contribution is -2.31. The Morgan fingerprint density at radius 1 is 1.11 bits per heavy atom. The van der Waals surface area contributed by atoms with Crippen LogP contribution in [0.25, 0.3) is 10.8 Å². The van der Waals surface area contributed by atoms with E-state index < -0.39 is 12.0 Å². The van der Waals surface area contributed by atoms with Gasteiger partial charge in [-0.1, -0.05) is 36.4 Å². The van der Waals surface area contributed by atoms with E-state index >= 15 is 0 Å². The number of nitrogens with one attached hydrogen (secondary N) is 1. The molecule has 0 aliphatic carbocycles. The van der Waals surface area contributed by atoms with E-state index in [0.717, 1.165) is 6.42 Å². The second-order valence-corrected chi connectivity index (χ2v) is 4.79. The van der Waals surface area contributed by atoms with Crippen LogP contribution in [0, 0.1) is 0 Å². The lowest BCUT2D eigenvalue weighted by atomic mass is 10.0. The van der Waals surface area contributed by atoms with Gasteiger partial charge in [-0.05, 0) is 35.2 Å². The third kappa shape index (κ3) is 1.97. The zero-order valence-electron chi connectivity index (χ0n) is 9.97. The maximum atomic E-state index is 10.9. The number of rotatable bonds is 2. The summed E-state index contributed by atoms with van der Waals surface area (Å²) in [5, 5.41) is 14.6. The Labute approximate surface area is 105 Å². The van der Waals surface area contributed by atoms with Crippen molar-refractivity contribution in [2.24, 2.45) is 0 Å². The van der Waals surface area contributed by atoms with E-state index in [2.05, 4.69) is 35.6 Å². The molecular weight excluding hydrogens is 226 g/mol. The topological polar surface area (TPSA) is 49.3 Å². The smallest absolute Gasteiger partial charge is 0.320 e. The van der Waals surface area contributed by atoms with Crippen LogP contribution in [-0.2, 0) is 4.79 Å². The van der Waals surface area contributed by atoms with Crippen LogP contribution in [0.5, 0.6) is 0 Å². The minimum absolute atomic E-state index is 0.163. The van der Waals surface area contributed by atoms with Crippen molar-refractivity contribution in [2.75, 3.05) is 0 Å². The van der Waals surface area contributed by atoms with E-state index in [0.29, 0.717) is 6.42 Å². The van der Waals surface area contributed by atoms with Crippen molar-refractivity contribution in [3.63, 3.8) is 0 Å². The number of benzene rings is 2. The number of carboxylic acids is 1. The first-order valence-electron chi connectivity index (χ1n) is 6.21. The average Bonchev–Trinajstić information content (AvgIpc) is 2.88. The molecule has 2 atom stereocenters. The summed E-state index contributed by atoms with van der Waals surface area (Å²) in [5.41, 5.74) is 1.18. The quantitative estimate of drug-likeness (QED) is 0.850. The Bertz CT molecular complexity index is 594. The molecule has 0 aromatic heterocycles. The molecule has 92 valence electrons. The molecule has 1 heterocycles. The molecule has 1 aliphatic rings. The van der Waals surface area contributed by atoms with E-state index in [1.165, 1.54) is 16.3 Å². The van der Waals surface area contributed by atoms with E-state index in [1.807, 2.05) is 12.1 Å². The fraction of sp³-hybridized carbons (Fsp3) is 0.267. The monoisotopic (exact) mass is 241 g/mol. The molecular formula is C15H15NO2. The molecule has 18 heavy (non-hydrogen) atoms. The molecule has 0 amide bonds. The highest BCUT2D eigenvalue weighted by atomic mass is 16.4. The number of hydrogen-bond acceptors (Lipinski definition) is 2. The average molecular weight is 241 g/mol. The predicted molar refractivity (Wildman–Crippen MR) is 70.5 cm³/mol. The number of aliphatic carboxylic acids is 1. The summed E-state index contributed by atoms with van der Waals surface area (Å²) < 4.78 is 0. The number of carbonyl (C=O) groups is 1. The van der Waals surface area contributed by atoms with Crippen LogP contribution in [0.15, 0.2) is 42.5 Å². The number of carboxylic acid groups (broad SMARTS) is 1. The third-order valence-corrected chi connectivity index (χ3v) is 3.62. The Morgan fingerprint density at radius 2 is 1.89 bits per heavy atom.